The Morgan fingerprint density at radius 2 is 1.78 bits per heavy atom. The number of rotatable bonds is 4. The first-order chi connectivity index (χ1) is 3.91. The van der Waals surface area contributed by atoms with Gasteiger partial charge in [0.2, 0.25) is 0 Å². The van der Waals surface area contributed by atoms with E-state index < -0.39 is 0 Å². The molecular weight excluding hydrogens is 134 g/mol. The number of nitrogens with two attached hydrogens (primary N) is 1. The molecule has 0 saturated heterocycles. The van der Waals surface area contributed by atoms with E-state index in [1.165, 1.54) is 12.8 Å². The van der Waals surface area contributed by atoms with Crippen molar-refractivity contribution in [3.05, 3.63) is 12.2 Å². The Kier molecular flexibility index (Phi) is 14.2. The van der Waals surface area contributed by atoms with Crippen molar-refractivity contribution in [2.75, 3.05) is 6.54 Å². The smallest absolute Gasteiger partial charge is 0.00426 e. The van der Waals surface area contributed by atoms with Crippen LogP contribution in [0.4, 0.5) is 0 Å². The largest absolute Gasteiger partial charge is 0.330 e. The third-order valence-corrected chi connectivity index (χ3v) is 0.955. The van der Waals surface area contributed by atoms with Crippen LogP contribution in [0.25, 0.3) is 0 Å². The minimum absolute atomic E-state index is 0. The molecule has 0 atom stereocenters. The molecule has 0 aromatic rings. The zero-order chi connectivity index (χ0) is 6.24. The topological polar surface area (TPSA) is 26.0 Å². The molecule has 0 unspecified atom stereocenters. The summed E-state index contributed by atoms with van der Waals surface area (Å²) in [6, 6.07) is 0. The Hall–Kier alpha value is -0.0100. The van der Waals surface area contributed by atoms with Crippen molar-refractivity contribution >= 4 is 12.4 Å². The Bertz CT molecular complexity index is 53.9. The summed E-state index contributed by atoms with van der Waals surface area (Å²) in [5, 5.41) is 0. The van der Waals surface area contributed by atoms with Gasteiger partial charge in [-0.15, -0.1) is 12.4 Å². The first-order valence-corrected chi connectivity index (χ1v) is 3.27. The highest BCUT2D eigenvalue weighted by Crippen LogP contribution is 1.88. The number of halogens is 1. The van der Waals surface area contributed by atoms with Gasteiger partial charge in [-0.05, 0) is 19.4 Å². The lowest BCUT2D eigenvalue weighted by Crippen LogP contribution is -1.94. The van der Waals surface area contributed by atoms with Crippen LogP contribution >= 0.6 is 12.4 Å². The van der Waals surface area contributed by atoms with E-state index in [1.54, 1.807) is 0 Å². The van der Waals surface area contributed by atoms with E-state index in [9.17, 15) is 0 Å². The molecule has 1 nitrogen and oxygen atoms in total. The molecule has 0 amide bonds. The maximum Gasteiger partial charge on any atom is -0.00426 e. The third kappa shape index (κ3) is 11.5. The highest BCUT2D eigenvalue weighted by molar-refractivity contribution is 5.85. The highest BCUT2D eigenvalue weighted by Gasteiger charge is 1.72. The third-order valence-electron chi connectivity index (χ3n) is 0.955. The van der Waals surface area contributed by atoms with E-state index in [0.717, 1.165) is 13.0 Å². The van der Waals surface area contributed by atoms with E-state index in [1.807, 2.05) is 0 Å². The molecule has 0 heterocycles. The molecule has 0 bridgehead atoms. The van der Waals surface area contributed by atoms with Gasteiger partial charge in [0.1, 0.15) is 0 Å². The maximum absolute atomic E-state index is 5.26. The van der Waals surface area contributed by atoms with Gasteiger partial charge >= 0.3 is 0 Å². The van der Waals surface area contributed by atoms with Crippen molar-refractivity contribution in [2.24, 2.45) is 5.73 Å². The van der Waals surface area contributed by atoms with Gasteiger partial charge in [0.05, 0.1) is 0 Å². The van der Waals surface area contributed by atoms with Crippen molar-refractivity contribution < 1.29 is 0 Å². The van der Waals surface area contributed by atoms with Gasteiger partial charge in [0, 0.05) is 0 Å². The SMILES string of the molecule is CCC/C=C/CCN.Cl. The van der Waals surface area contributed by atoms with Crippen molar-refractivity contribution in [1.82, 2.24) is 0 Å². The Morgan fingerprint density at radius 3 is 2.22 bits per heavy atom. The molecule has 0 aromatic heterocycles. The second-order valence-electron chi connectivity index (χ2n) is 1.84. The fourth-order valence-corrected chi connectivity index (χ4v) is 0.499. The fraction of sp³-hybridized carbons (Fsp3) is 0.714. The van der Waals surface area contributed by atoms with Crippen LogP contribution in [-0.2, 0) is 0 Å². The first-order valence-electron chi connectivity index (χ1n) is 3.27. The lowest BCUT2D eigenvalue weighted by atomic mass is 10.3. The van der Waals surface area contributed by atoms with Crippen molar-refractivity contribution in [3.63, 3.8) is 0 Å². The van der Waals surface area contributed by atoms with Crippen LogP contribution in [0.1, 0.15) is 26.2 Å². The second kappa shape index (κ2) is 10.9. The number of hydrogen-bond donors (Lipinski definition) is 1. The monoisotopic (exact) mass is 149 g/mol. The molecule has 0 radical (unpaired) electrons. The average Bonchev–Trinajstić information content (AvgIpc) is 1.81. The van der Waals surface area contributed by atoms with Crippen molar-refractivity contribution in [2.45, 2.75) is 26.2 Å². The molecule has 0 aliphatic rings. The summed E-state index contributed by atoms with van der Waals surface area (Å²) >= 11 is 0. The molecule has 2 N–H and O–H groups in total. The predicted octanol–water partition coefficient (Wildman–Crippen LogP) is 2.11. The molecule has 0 aliphatic carbocycles. The van der Waals surface area contributed by atoms with Gasteiger partial charge in [0.15, 0.2) is 0 Å². The molecule has 9 heavy (non-hydrogen) atoms. The van der Waals surface area contributed by atoms with E-state index in [0.29, 0.717) is 0 Å². The number of unbranched alkanes of at least 4 members (excludes halogenated alkanes) is 1. The Morgan fingerprint density at radius 1 is 1.22 bits per heavy atom. The molecule has 0 rings (SSSR count). The van der Waals surface area contributed by atoms with E-state index in [-0.39, 0.29) is 12.4 Å². The van der Waals surface area contributed by atoms with Crippen molar-refractivity contribution in [1.29, 1.82) is 0 Å². The standard InChI is InChI=1S/C7H15N.ClH/c1-2-3-4-5-6-7-8;/h4-5H,2-3,6-8H2,1H3;1H/b5-4+;. The molecule has 0 saturated carbocycles. The van der Waals surface area contributed by atoms with E-state index >= 15 is 0 Å². The van der Waals surface area contributed by atoms with Crippen LogP contribution in [0.15, 0.2) is 12.2 Å². The lowest BCUT2D eigenvalue weighted by Gasteiger charge is -1.83. The quantitative estimate of drug-likeness (QED) is 0.609. The summed E-state index contributed by atoms with van der Waals surface area (Å²) in [6.45, 7) is 2.95. The van der Waals surface area contributed by atoms with Crippen LogP contribution in [0.5, 0.6) is 0 Å². The summed E-state index contributed by atoms with van der Waals surface area (Å²) in [7, 11) is 0. The van der Waals surface area contributed by atoms with Crippen molar-refractivity contribution in [3.8, 4) is 0 Å². The molecule has 0 aliphatic heterocycles. The zero-order valence-corrected chi connectivity index (χ0v) is 6.79. The fourth-order valence-electron chi connectivity index (χ4n) is 0.499. The summed E-state index contributed by atoms with van der Waals surface area (Å²) in [6.07, 6.45) is 7.79. The first kappa shape index (κ1) is 11.7. The minimum Gasteiger partial charge on any atom is -0.330 e. The molecule has 0 fully saturated rings. The summed E-state index contributed by atoms with van der Waals surface area (Å²) in [5.41, 5.74) is 5.26. The molecule has 2 heteroatoms. The van der Waals surface area contributed by atoms with Crippen LogP contribution in [-0.4, -0.2) is 6.54 Å². The zero-order valence-electron chi connectivity index (χ0n) is 5.97. The van der Waals surface area contributed by atoms with Crippen LogP contribution in [0.2, 0.25) is 0 Å². The van der Waals surface area contributed by atoms with Crippen LogP contribution in [0.3, 0.4) is 0 Å². The molecular formula is C7H16ClN. The molecule has 56 valence electrons. The molecule has 0 spiro atoms. The summed E-state index contributed by atoms with van der Waals surface area (Å²) in [5.74, 6) is 0. The number of allylic oxidation sites excluding steroid dienone is 1. The lowest BCUT2D eigenvalue weighted by molar-refractivity contribution is 0.938. The second-order valence-corrected chi connectivity index (χ2v) is 1.84. The highest BCUT2D eigenvalue weighted by atomic mass is 35.5. The van der Waals surface area contributed by atoms with Gasteiger partial charge in [0.25, 0.3) is 0 Å². The average molecular weight is 150 g/mol. The van der Waals surface area contributed by atoms with Gasteiger partial charge in [-0.3, -0.25) is 0 Å². The van der Waals surface area contributed by atoms with Crippen LogP contribution < -0.4 is 5.73 Å². The van der Waals surface area contributed by atoms with Crippen LogP contribution in [0, 0.1) is 0 Å². The Labute approximate surface area is 63.7 Å². The van der Waals surface area contributed by atoms with E-state index in [4.69, 9.17) is 5.73 Å². The summed E-state index contributed by atoms with van der Waals surface area (Å²) in [4.78, 5) is 0. The predicted molar refractivity (Wildman–Crippen MR) is 45.0 cm³/mol. The minimum atomic E-state index is 0. The van der Waals surface area contributed by atoms with Gasteiger partial charge in [-0.2, -0.15) is 0 Å². The normalized spacial score (nSPS) is 9.56. The summed E-state index contributed by atoms with van der Waals surface area (Å²) < 4.78 is 0. The molecule has 0 aromatic carbocycles. The van der Waals surface area contributed by atoms with Gasteiger partial charge in [-0.25, -0.2) is 0 Å². The van der Waals surface area contributed by atoms with Gasteiger partial charge in [-0.1, -0.05) is 25.5 Å². The van der Waals surface area contributed by atoms with Gasteiger partial charge < -0.3 is 5.73 Å². The Balaban J connectivity index is 0. The maximum atomic E-state index is 5.26. The number of hydrogen-bond acceptors (Lipinski definition) is 1. The van der Waals surface area contributed by atoms with E-state index in [2.05, 4.69) is 19.1 Å².